The van der Waals surface area contributed by atoms with Crippen molar-refractivity contribution in [3.05, 3.63) is 0 Å². The van der Waals surface area contributed by atoms with Crippen molar-refractivity contribution >= 4 is 5.78 Å². The molecule has 60 valence electrons. The average Bonchev–Trinajstić information content (AvgIpc) is 2.00. The molecule has 0 aliphatic heterocycles. The number of aliphatic hydroxyl groups excluding tert-OH is 4. The zero-order valence-corrected chi connectivity index (χ0v) is 5.27. The molecule has 0 aromatic heterocycles. The van der Waals surface area contributed by atoms with Gasteiger partial charge in [-0.15, -0.1) is 0 Å². The minimum atomic E-state index is -1.60. The molecule has 4 N–H and O–H groups in total. The molecule has 5 nitrogen and oxygen atoms in total. The van der Waals surface area contributed by atoms with Crippen LogP contribution in [0.4, 0.5) is 0 Å². The van der Waals surface area contributed by atoms with E-state index in [1.807, 2.05) is 0 Å². The Bertz CT molecular complexity index is 101. The highest BCUT2D eigenvalue weighted by molar-refractivity contribution is 5.87. The Balaban J connectivity index is 3.82. The maximum absolute atomic E-state index is 10.5. The minimum Gasteiger partial charge on any atom is -0.393 e. The van der Waals surface area contributed by atoms with Gasteiger partial charge in [0, 0.05) is 0 Å². The molecular formula is C5H10O5. The lowest BCUT2D eigenvalue weighted by Gasteiger charge is -2.08. The van der Waals surface area contributed by atoms with Gasteiger partial charge < -0.3 is 20.4 Å². The normalized spacial score (nSPS) is 16.4. The van der Waals surface area contributed by atoms with Gasteiger partial charge in [-0.3, -0.25) is 4.79 Å². The van der Waals surface area contributed by atoms with Crippen molar-refractivity contribution in [3.8, 4) is 0 Å². The molecule has 0 amide bonds. The largest absolute Gasteiger partial charge is 0.393 e. The van der Waals surface area contributed by atoms with E-state index in [0.29, 0.717) is 0 Å². The Morgan fingerprint density at radius 1 is 1.10 bits per heavy atom. The molecular weight excluding hydrogens is 140 g/mol. The van der Waals surface area contributed by atoms with E-state index in [1.54, 1.807) is 0 Å². The predicted molar refractivity (Wildman–Crippen MR) is 31.2 cm³/mol. The third-order valence-electron chi connectivity index (χ3n) is 1.00. The van der Waals surface area contributed by atoms with Crippen LogP contribution >= 0.6 is 0 Å². The van der Waals surface area contributed by atoms with Crippen LogP contribution in [-0.4, -0.2) is 51.6 Å². The number of hydrogen-bond donors (Lipinski definition) is 4. The summed E-state index contributed by atoms with van der Waals surface area (Å²) in [6.07, 6.45) is -3.19. The monoisotopic (exact) mass is 150 g/mol. The Morgan fingerprint density at radius 3 is 1.60 bits per heavy atom. The molecule has 10 heavy (non-hydrogen) atoms. The van der Waals surface area contributed by atoms with Crippen LogP contribution in [0.5, 0.6) is 0 Å². The lowest BCUT2D eigenvalue weighted by Crippen LogP contribution is -2.36. The van der Waals surface area contributed by atoms with Gasteiger partial charge in [0.15, 0.2) is 5.78 Å². The maximum Gasteiger partial charge on any atom is 0.194 e. The molecule has 0 aromatic carbocycles. The van der Waals surface area contributed by atoms with E-state index in [1.165, 1.54) is 0 Å². The first kappa shape index (κ1) is 9.51. The summed E-state index contributed by atoms with van der Waals surface area (Å²) in [6.45, 7) is -1.48. The van der Waals surface area contributed by atoms with Crippen molar-refractivity contribution in [1.82, 2.24) is 0 Å². The highest BCUT2D eigenvalue weighted by Gasteiger charge is 2.21. The Kier molecular flexibility index (Phi) is 4.13. The van der Waals surface area contributed by atoms with E-state index in [9.17, 15) is 4.79 Å². The molecule has 0 aromatic rings. The predicted octanol–water partition coefficient (Wildman–Crippen LogP) is -2.74. The van der Waals surface area contributed by atoms with Crippen molar-refractivity contribution < 1.29 is 25.2 Å². The molecule has 0 aliphatic rings. The van der Waals surface area contributed by atoms with Crippen LogP contribution in [0.25, 0.3) is 0 Å². The molecule has 5 heteroatoms. The summed E-state index contributed by atoms with van der Waals surface area (Å²) in [7, 11) is 0. The summed E-state index contributed by atoms with van der Waals surface area (Å²) >= 11 is 0. The number of ketones is 1. The summed E-state index contributed by atoms with van der Waals surface area (Å²) < 4.78 is 0. The second-order valence-electron chi connectivity index (χ2n) is 1.80. The van der Waals surface area contributed by atoms with Crippen molar-refractivity contribution in [3.63, 3.8) is 0 Å². The quantitative estimate of drug-likeness (QED) is 0.348. The van der Waals surface area contributed by atoms with Crippen LogP contribution in [0.15, 0.2) is 0 Å². The van der Waals surface area contributed by atoms with E-state index in [0.717, 1.165) is 0 Å². The van der Waals surface area contributed by atoms with Gasteiger partial charge in [-0.1, -0.05) is 0 Å². The Hall–Kier alpha value is -0.490. The zero-order chi connectivity index (χ0) is 8.15. The van der Waals surface area contributed by atoms with Crippen LogP contribution in [-0.2, 0) is 4.79 Å². The third kappa shape index (κ3) is 2.40. The van der Waals surface area contributed by atoms with Gasteiger partial charge in [-0.2, -0.15) is 0 Å². The van der Waals surface area contributed by atoms with Gasteiger partial charge in [-0.25, -0.2) is 0 Å². The fourth-order valence-electron chi connectivity index (χ4n) is 0.402. The lowest BCUT2D eigenvalue weighted by molar-refractivity contribution is -0.139. The lowest BCUT2D eigenvalue weighted by atomic mass is 10.1. The standard InChI is InChI=1S/C5H10O5/c6-1-3(8)5(10)4(9)2-7/h3-4,6-9H,1-2H2. The van der Waals surface area contributed by atoms with Crippen LogP contribution in [0, 0.1) is 0 Å². The van der Waals surface area contributed by atoms with Crippen molar-refractivity contribution in [1.29, 1.82) is 0 Å². The molecule has 0 saturated carbocycles. The van der Waals surface area contributed by atoms with Crippen molar-refractivity contribution in [2.75, 3.05) is 13.2 Å². The molecule has 0 saturated heterocycles. The van der Waals surface area contributed by atoms with Crippen LogP contribution in [0.1, 0.15) is 0 Å². The summed E-state index contributed by atoms with van der Waals surface area (Å²) in [5, 5.41) is 33.5. The fourth-order valence-corrected chi connectivity index (χ4v) is 0.402. The molecule has 0 heterocycles. The zero-order valence-electron chi connectivity index (χ0n) is 5.27. The van der Waals surface area contributed by atoms with Crippen LogP contribution in [0.2, 0.25) is 0 Å². The molecule has 0 rings (SSSR count). The van der Waals surface area contributed by atoms with E-state index < -0.39 is 31.2 Å². The van der Waals surface area contributed by atoms with E-state index in [2.05, 4.69) is 0 Å². The number of carbonyl (C=O) groups is 1. The van der Waals surface area contributed by atoms with Gasteiger partial charge in [0.2, 0.25) is 0 Å². The van der Waals surface area contributed by atoms with Crippen LogP contribution < -0.4 is 0 Å². The number of aliphatic hydroxyl groups is 4. The molecule has 2 unspecified atom stereocenters. The molecule has 0 bridgehead atoms. The number of Topliss-reactive ketones (excluding diaryl/α,β-unsaturated/α-hetero) is 1. The molecule has 0 radical (unpaired) electrons. The molecule has 0 aliphatic carbocycles. The minimum absolute atomic E-state index is 0.740. The third-order valence-corrected chi connectivity index (χ3v) is 1.00. The number of carbonyl (C=O) groups excluding carboxylic acids is 1. The summed E-state index contributed by atoms with van der Waals surface area (Å²) in [4.78, 5) is 10.5. The van der Waals surface area contributed by atoms with Gasteiger partial charge in [0.05, 0.1) is 13.2 Å². The van der Waals surface area contributed by atoms with E-state index in [-0.39, 0.29) is 0 Å². The Morgan fingerprint density at radius 2 is 1.40 bits per heavy atom. The fraction of sp³-hybridized carbons (Fsp3) is 0.800. The first-order valence-corrected chi connectivity index (χ1v) is 2.75. The smallest absolute Gasteiger partial charge is 0.194 e. The Labute approximate surface area is 57.5 Å². The van der Waals surface area contributed by atoms with E-state index >= 15 is 0 Å². The van der Waals surface area contributed by atoms with Gasteiger partial charge in [-0.05, 0) is 0 Å². The topological polar surface area (TPSA) is 98.0 Å². The second-order valence-corrected chi connectivity index (χ2v) is 1.80. The average molecular weight is 150 g/mol. The second kappa shape index (κ2) is 4.35. The SMILES string of the molecule is O=C(C(O)CO)C(O)CO. The first-order valence-electron chi connectivity index (χ1n) is 2.75. The van der Waals surface area contributed by atoms with Crippen LogP contribution in [0.3, 0.4) is 0 Å². The highest BCUT2D eigenvalue weighted by atomic mass is 16.3. The maximum atomic E-state index is 10.5. The van der Waals surface area contributed by atoms with Gasteiger partial charge >= 0.3 is 0 Å². The van der Waals surface area contributed by atoms with Crippen molar-refractivity contribution in [2.24, 2.45) is 0 Å². The summed E-state index contributed by atoms with van der Waals surface area (Å²) in [5.41, 5.74) is 0. The molecule has 2 atom stereocenters. The summed E-state index contributed by atoms with van der Waals surface area (Å²) in [6, 6.07) is 0. The molecule has 0 spiro atoms. The van der Waals surface area contributed by atoms with Gasteiger partial charge in [0.1, 0.15) is 12.2 Å². The highest BCUT2D eigenvalue weighted by Crippen LogP contribution is 1.90. The first-order chi connectivity index (χ1) is 4.63. The molecule has 0 fully saturated rings. The summed E-state index contributed by atoms with van der Waals surface area (Å²) in [5.74, 6) is -0.968. The van der Waals surface area contributed by atoms with Crippen molar-refractivity contribution in [2.45, 2.75) is 12.2 Å². The van der Waals surface area contributed by atoms with Gasteiger partial charge in [0.25, 0.3) is 0 Å². The number of rotatable bonds is 4. The van der Waals surface area contributed by atoms with E-state index in [4.69, 9.17) is 20.4 Å². The number of hydrogen-bond acceptors (Lipinski definition) is 5.